The fraction of sp³-hybridized carbons (Fsp3) is 0.593. The van der Waals surface area contributed by atoms with Gasteiger partial charge in [0, 0.05) is 44.0 Å². The van der Waals surface area contributed by atoms with Gasteiger partial charge in [0.1, 0.15) is 5.75 Å². The van der Waals surface area contributed by atoms with Gasteiger partial charge in [0.05, 0.1) is 7.11 Å². The molecule has 33 heavy (non-hydrogen) atoms. The number of carbonyl (C=O) groups excluding carboxylic acids is 3. The maximum absolute atomic E-state index is 12.6. The van der Waals surface area contributed by atoms with Gasteiger partial charge in [-0.25, -0.2) is 0 Å². The zero-order valence-corrected chi connectivity index (χ0v) is 19.7. The summed E-state index contributed by atoms with van der Waals surface area (Å²) in [5.41, 5.74) is 2.18. The number of nitrogens with zero attached hydrogens (tertiary/aromatic N) is 1. The van der Waals surface area contributed by atoms with E-state index in [0.29, 0.717) is 24.4 Å². The second-order valence-corrected chi connectivity index (χ2v) is 9.80. The number of Topliss-reactive ketones (excluding diaryl/α,β-unsaturated/α-hetero) is 1. The van der Waals surface area contributed by atoms with Crippen LogP contribution in [0.5, 0.6) is 5.75 Å². The summed E-state index contributed by atoms with van der Waals surface area (Å²) in [6, 6.07) is 6.99. The first-order valence-electron chi connectivity index (χ1n) is 12.4. The molecule has 1 aliphatic heterocycles. The average Bonchev–Trinajstić information content (AvgIpc) is 3.56. The first kappa shape index (κ1) is 23.5. The molecule has 6 heteroatoms. The van der Waals surface area contributed by atoms with Crippen LogP contribution in [0.15, 0.2) is 35.9 Å². The highest BCUT2D eigenvalue weighted by atomic mass is 16.5. The molecule has 0 aromatic heterocycles. The lowest BCUT2D eigenvalue weighted by atomic mass is 9.90. The number of benzene rings is 1. The van der Waals surface area contributed by atoms with Gasteiger partial charge in [0.15, 0.2) is 5.78 Å². The predicted molar refractivity (Wildman–Crippen MR) is 127 cm³/mol. The molecule has 1 heterocycles. The molecule has 6 nitrogen and oxygen atoms in total. The third-order valence-corrected chi connectivity index (χ3v) is 7.73. The van der Waals surface area contributed by atoms with Crippen LogP contribution in [0.3, 0.4) is 0 Å². The van der Waals surface area contributed by atoms with Gasteiger partial charge in [-0.1, -0.05) is 11.6 Å². The van der Waals surface area contributed by atoms with Crippen LogP contribution in [0.4, 0.5) is 0 Å². The summed E-state index contributed by atoms with van der Waals surface area (Å²) < 4.78 is 5.12. The van der Waals surface area contributed by atoms with E-state index in [0.717, 1.165) is 32.2 Å². The number of hydrogen-bond acceptors (Lipinski definition) is 4. The minimum atomic E-state index is -0.0256. The van der Waals surface area contributed by atoms with Gasteiger partial charge in [-0.15, -0.1) is 0 Å². The fourth-order valence-corrected chi connectivity index (χ4v) is 5.37. The Labute approximate surface area is 196 Å². The lowest BCUT2D eigenvalue weighted by Crippen LogP contribution is -2.40. The van der Waals surface area contributed by atoms with Crippen LogP contribution < -0.4 is 10.1 Å². The maximum Gasteiger partial charge on any atom is 0.223 e. The fourth-order valence-electron chi connectivity index (χ4n) is 5.37. The summed E-state index contributed by atoms with van der Waals surface area (Å²) in [4.78, 5) is 39.5. The lowest BCUT2D eigenvalue weighted by molar-refractivity contribution is -0.132. The molecule has 0 unspecified atom stereocenters. The molecule has 1 spiro atoms. The van der Waals surface area contributed by atoms with Crippen LogP contribution in [0.1, 0.15) is 74.6 Å². The molecule has 2 fully saturated rings. The highest BCUT2D eigenvalue weighted by molar-refractivity contribution is 5.98. The zero-order chi connectivity index (χ0) is 23.3. The zero-order valence-electron chi connectivity index (χ0n) is 19.7. The third-order valence-electron chi connectivity index (χ3n) is 7.73. The van der Waals surface area contributed by atoms with Crippen LogP contribution in [-0.4, -0.2) is 49.2 Å². The first-order valence-corrected chi connectivity index (χ1v) is 12.4. The second-order valence-electron chi connectivity index (χ2n) is 9.80. The monoisotopic (exact) mass is 452 g/mol. The number of methoxy groups -OCH3 is 1. The van der Waals surface area contributed by atoms with E-state index in [1.54, 1.807) is 31.4 Å². The number of nitrogens with one attached hydrogen (secondary N) is 1. The van der Waals surface area contributed by atoms with Crippen molar-refractivity contribution in [2.75, 3.05) is 26.7 Å². The number of amides is 2. The van der Waals surface area contributed by atoms with Crippen molar-refractivity contribution < 1.29 is 19.1 Å². The molecule has 0 radical (unpaired) electrons. The van der Waals surface area contributed by atoms with Crippen molar-refractivity contribution >= 4 is 17.6 Å². The summed E-state index contributed by atoms with van der Waals surface area (Å²) in [5, 5.41) is 3.15. The Morgan fingerprint density at radius 2 is 1.85 bits per heavy atom. The number of carbonyl (C=O) groups is 3. The summed E-state index contributed by atoms with van der Waals surface area (Å²) in [6.07, 6.45) is 11.4. The molecule has 0 bridgehead atoms. The third kappa shape index (κ3) is 5.84. The number of rotatable bonds is 9. The minimum absolute atomic E-state index is 0.0256. The Kier molecular flexibility index (Phi) is 7.51. The van der Waals surface area contributed by atoms with Gasteiger partial charge >= 0.3 is 0 Å². The van der Waals surface area contributed by atoms with Crippen molar-refractivity contribution in [3.05, 3.63) is 41.5 Å². The number of ketones is 1. The Morgan fingerprint density at radius 3 is 2.52 bits per heavy atom. The van der Waals surface area contributed by atoms with Crippen LogP contribution >= 0.6 is 0 Å². The van der Waals surface area contributed by atoms with Gasteiger partial charge in [-0.2, -0.15) is 0 Å². The number of likely N-dealkylation sites (tertiary alicyclic amines) is 1. The van der Waals surface area contributed by atoms with E-state index >= 15 is 0 Å². The highest BCUT2D eigenvalue weighted by Crippen LogP contribution is 2.59. The van der Waals surface area contributed by atoms with E-state index in [2.05, 4.69) is 11.4 Å². The molecule has 4 rings (SSSR count). The van der Waals surface area contributed by atoms with Gasteiger partial charge < -0.3 is 15.0 Å². The SMILES string of the molecule is COc1ccc(C(=O)CCC(=O)N2CCC3(CC2)C[C@H]3C(=O)NCCC2=CCCCC2)cc1. The van der Waals surface area contributed by atoms with Crippen molar-refractivity contribution in [2.24, 2.45) is 11.3 Å². The van der Waals surface area contributed by atoms with Gasteiger partial charge in [0.25, 0.3) is 0 Å². The second kappa shape index (κ2) is 10.5. The summed E-state index contributed by atoms with van der Waals surface area (Å²) in [7, 11) is 1.59. The van der Waals surface area contributed by atoms with E-state index in [4.69, 9.17) is 4.74 Å². The van der Waals surface area contributed by atoms with Crippen molar-refractivity contribution in [2.45, 2.75) is 64.2 Å². The number of piperidine rings is 1. The number of hydrogen-bond donors (Lipinski definition) is 1. The van der Waals surface area contributed by atoms with E-state index in [1.807, 2.05) is 4.90 Å². The predicted octanol–water partition coefficient (Wildman–Crippen LogP) is 4.29. The quantitative estimate of drug-likeness (QED) is 0.448. The van der Waals surface area contributed by atoms with Gasteiger partial charge in [-0.3, -0.25) is 14.4 Å². The normalized spacial score (nSPS) is 21.3. The van der Waals surface area contributed by atoms with Crippen molar-refractivity contribution in [1.82, 2.24) is 10.2 Å². The molecule has 1 saturated carbocycles. The topological polar surface area (TPSA) is 75.7 Å². The standard InChI is InChI=1S/C27H36N2O4/c1-33-22-9-7-21(8-10-22)24(30)11-12-25(31)29-17-14-27(15-18-29)19-23(27)26(32)28-16-13-20-5-3-2-4-6-20/h5,7-10,23H,2-4,6,11-19H2,1H3,(H,28,32)/t23-/m0/s1. The molecule has 1 saturated heterocycles. The van der Waals surface area contributed by atoms with Gasteiger partial charge in [-0.05, 0) is 81.0 Å². The lowest BCUT2D eigenvalue weighted by Gasteiger charge is -2.33. The molecule has 2 aliphatic carbocycles. The largest absolute Gasteiger partial charge is 0.497 e. The van der Waals surface area contributed by atoms with Crippen LogP contribution in [0.25, 0.3) is 0 Å². The summed E-state index contributed by atoms with van der Waals surface area (Å²) >= 11 is 0. The molecule has 1 atom stereocenters. The molecule has 1 N–H and O–H groups in total. The average molecular weight is 453 g/mol. The van der Waals surface area contributed by atoms with Crippen LogP contribution in [0.2, 0.25) is 0 Å². The van der Waals surface area contributed by atoms with Crippen LogP contribution in [0, 0.1) is 11.3 Å². The van der Waals surface area contributed by atoms with Crippen molar-refractivity contribution in [3.63, 3.8) is 0 Å². The Bertz CT molecular complexity index is 897. The summed E-state index contributed by atoms with van der Waals surface area (Å²) in [5.74, 6) is 1.01. The molecular weight excluding hydrogens is 416 g/mol. The Morgan fingerprint density at radius 1 is 1.09 bits per heavy atom. The Balaban J connectivity index is 1.15. The van der Waals surface area contributed by atoms with Crippen molar-refractivity contribution in [1.29, 1.82) is 0 Å². The summed E-state index contributed by atoms with van der Waals surface area (Å²) in [6.45, 7) is 2.11. The van der Waals surface area contributed by atoms with E-state index < -0.39 is 0 Å². The molecule has 2 amide bonds. The molecular formula is C27H36N2O4. The van der Waals surface area contributed by atoms with E-state index in [-0.39, 0.29) is 41.8 Å². The molecule has 1 aromatic rings. The van der Waals surface area contributed by atoms with E-state index in [9.17, 15) is 14.4 Å². The molecule has 3 aliphatic rings. The smallest absolute Gasteiger partial charge is 0.223 e. The van der Waals surface area contributed by atoms with E-state index in [1.165, 1.54) is 31.3 Å². The minimum Gasteiger partial charge on any atom is -0.497 e. The highest BCUT2D eigenvalue weighted by Gasteiger charge is 2.58. The van der Waals surface area contributed by atoms with Crippen LogP contribution in [-0.2, 0) is 9.59 Å². The molecule has 178 valence electrons. The Hall–Kier alpha value is -2.63. The van der Waals surface area contributed by atoms with Gasteiger partial charge in [0.2, 0.25) is 11.8 Å². The van der Waals surface area contributed by atoms with Crippen molar-refractivity contribution in [3.8, 4) is 5.75 Å². The first-order chi connectivity index (χ1) is 16.0. The maximum atomic E-state index is 12.6. The molecule has 1 aromatic carbocycles. The number of allylic oxidation sites excluding steroid dienone is 1. The number of ether oxygens (including phenoxy) is 1.